The lowest BCUT2D eigenvalue weighted by molar-refractivity contribution is -0.672. The van der Waals surface area contributed by atoms with E-state index in [1.54, 1.807) is 0 Å². The molecule has 0 aliphatic carbocycles. The molecule has 2 aromatic rings. The van der Waals surface area contributed by atoms with E-state index in [0.29, 0.717) is 6.54 Å². The Bertz CT molecular complexity index is 500. The first-order valence-electron chi connectivity index (χ1n) is 5.43. The zero-order valence-corrected chi connectivity index (χ0v) is 12.3. The van der Waals surface area contributed by atoms with E-state index in [4.69, 9.17) is 5.11 Å². The highest BCUT2D eigenvalue weighted by molar-refractivity contribution is 5.79. The Morgan fingerprint density at radius 2 is 2.00 bits per heavy atom. The number of nitrogens with zero attached hydrogens (tertiary/aromatic N) is 2. The number of anilines is 1. The zero-order valence-electron chi connectivity index (χ0n) is 10.1. The van der Waals surface area contributed by atoms with E-state index in [1.165, 1.54) is 11.1 Å². The summed E-state index contributed by atoms with van der Waals surface area (Å²) in [6, 6.07) is 10.4. The van der Waals surface area contributed by atoms with Crippen LogP contribution in [0.3, 0.4) is 0 Å². The molecule has 0 fully saturated rings. The molecule has 0 aliphatic heterocycles. The number of rotatable bonds is 3. The Kier molecular flexibility index (Phi) is 5.14. The fourth-order valence-corrected chi connectivity index (χ4v) is 1.83. The summed E-state index contributed by atoms with van der Waals surface area (Å²) in [4.78, 5) is 2.08. The van der Waals surface area contributed by atoms with Crippen molar-refractivity contribution < 1.29 is 33.7 Å². The molecule has 0 saturated heterocycles. The molecule has 0 atom stereocenters. The largest absolute Gasteiger partial charge is 1.00 e. The van der Waals surface area contributed by atoms with Crippen molar-refractivity contribution in [3.63, 3.8) is 0 Å². The highest BCUT2D eigenvalue weighted by atomic mass is 127. The number of aliphatic hydroxyl groups excluding tert-OH is 1. The third kappa shape index (κ3) is 3.07. The summed E-state index contributed by atoms with van der Waals surface area (Å²) in [5.74, 6) is 0. The Hall–Kier alpha value is -0.880. The van der Waals surface area contributed by atoms with Gasteiger partial charge in [-0.05, 0) is 18.2 Å². The van der Waals surface area contributed by atoms with Gasteiger partial charge < -0.3 is 34.0 Å². The zero-order chi connectivity index (χ0) is 11.5. The maximum Gasteiger partial charge on any atom is 0.214 e. The first-order valence-corrected chi connectivity index (χ1v) is 5.43. The quantitative estimate of drug-likeness (QED) is 0.525. The Balaban J connectivity index is 0.00000144. The summed E-state index contributed by atoms with van der Waals surface area (Å²) in [7, 11) is 4.06. The van der Waals surface area contributed by atoms with Crippen molar-refractivity contribution in [2.45, 2.75) is 6.54 Å². The molecule has 0 aliphatic rings. The second-order valence-electron chi connectivity index (χ2n) is 4.06. The van der Waals surface area contributed by atoms with Gasteiger partial charge >= 0.3 is 0 Å². The molecule has 0 amide bonds. The molecule has 1 aromatic carbocycles. The fourth-order valence-electron chi connectivity index (χ4n) is 1.83. The van der Waals surface area contributed by atoms with Crippen LogP contribution in [0, 0.1) is 0 Å². The smallest absolute Gasteiger partial charge is 0.214 e. The molecule has 1 aromatic heterocycles. The van der Waals surface area contributed by atoms with Gasteiger partial charge in [-0.25, -0.2) is 0 Å². The highest BCUT2D eigenvalue weighted by Crippen LogP contribution is 2.17. The predicted molar refractivity (Wildman–Crippen MR) is 65.6 cm³/mol. The van der Waals surface area contributed by atoms with Crippen LogP contribution in [0.2, 0.25) is 0 Å². The topological polar surface area (TPSA) is 27.4 Å². The van der Waals surface area contributed by atoms with Gasteiger partial charge in [-0.3, -0.25) is 0 Å². The van der Waals surface area contributed by atoms with Gasteiger partial charge in [0.2, 0.25) is 5.52 Å². The standard InChI is InChI=1S/C13H17N2O.HI/c1-14(2)12-6-5-11-4-3-7-15(8-9-16)13(11)10-12;/h3-7,10,16H,8-9H2,1-2H3;1H/q+1;/p-1. The van der Waals surface area contributed by atoms with Gasteiger partial charge in [-0.1, -0.05) is 0 Å². The van der Waals surface area contributed by atoms with Gasteiger partial charge in [0.1, 0.15) is 6.61 Å². The summed E-state index contributed by atoms with van der Waals surface area (Å²) >= 11 is 0. The van der Waals surface area contributed by atoms with Gasteiger partial charge in [0.25, 0.3) is 0 Å². The van der Waals surface area contributed by atoms with Crippen molar-refractivity contribution in [1.29, 1.82) is 0 Å². The molecule has 1 N–H and O–H groups in total. The Morgan fingerprint density at radius 3 is 2.65 bits per heavy atom. The number of hydrogen-bond donors (Lipinski definition) is 1. The van der Waals surface area contributed by atoms with E-state index in [2.05, 4.69) is 33.7 Å². The minimum atomic E-state index is 0. The van der Waals surface area contributed by atoms with Crippen molar-refractivity contribution in [2.24, 2.45) is 0 Å². The monoisotopic (exact) mass is 344 g/mol. The Labute approximate surface area is 119 Å². The van der Waals surface area contributed by atoms with Gasteiger partial charge in [-0.15, -0.1) is 0 Å². The van der Waals surface area contributed by atoms with E-state index in [1.807, 2.05) is 26.4 Å². The van der Waals surface area contributed by atoms with Crippen molar-refractivity contribution in [3.05, 3.63) is 36.5 Å². The van der Waals surface area contributed by atoms with Crippen LogP contribution < -0.4 is 33.4 Å². The normalized spacial score (nSPS) is 10.1. The predicted octanol–water partition coefficient (Wildman–Crippen LogP) is -1.81. The van der Waals surface area contributed by atoms with Gasteiger partial charge in [-0.2, -0.15) is 4.57 Å². The average molecular weight is 344 g/mol. The lowest BCUT2D eigenvalue weighted by Gasteiger charge is -2.12. The molecule has 0 radical (unpaired) electrons. The van der Waals surface area contributed by atoms with E-state index >= 15 is 0 Å². The van der Waals surface area contributed by atoms with Crippen LogP contribution in [0.5, 0.6) is 0 Å². The first kappa shape index (κ1) is 14.2. The molecule has 0 saturated carbocycles. The second-order valence-corrected chi connectivity index (χ2v) is 4.06. The Morgan fingerprint density at radius 1 is 1.24 bits per heavy atom. The van der Waals surface area contributed by atoms with Gasteiger partial charge in [0, 0.05) is 37.3 Å². The van der Waals surface area contributed by atoms with Crippen LogP contribution in [0.4, 0.5) is 5.69 Å². The van der Waals surface area contributed by atoms with E-state index < -0.39 is 0 Å². The summed E-state index contributed by atoms with van der Waals surface area (Å²) in [6.07, 6.45) is 2.00. The van der Waals surface area contributed by atoms with Crippen LogP contribution in [-0.4, -0.2) is 25.8 Å². The van der Waals surface area contributed by atoms with Gasteiger partial charge in [0.15, 0.2) is 12.7 Å². The van der Waals surface area contributed by atoms with Crippen LogP contribution in [0.25, 0.3) is 10.9 Å². The summed E-state index contributed by atoms with van der Waals surface area (Å²) in [5, 5.41) is 10.2. The summed E-state index contributed by atoms with van der Waals surface area (Å²) < 4.78 is 2.07. The number of pyridine rings is 1. The maximum absolute atomic E-state index is 9.03. The molecular formula is C13H17IN2O. The van der Waals surface area contributed by atoms with Crippen LogP contribution in [-0.2, 0) is 6.54 Å². The molecule has 3 nitrogen and oxygen atoms in total. The number of aromatic nitrogens is 1. The van der Waals surface area contributed by atoms with Crippen LogP contribution >= 0.6 is 0 Å². The van der Waals surface area contributed by atoms with E-state index in [-0.39, 0.29) is 30.6 Å². The van der Waals surface area contributed by atoms with Crippen molar-refractivity contribution in [1.82, 2.24) is 0 Å². The molecule has 0 spiro atoms. The molecule has 17 heavy (non-hydrogen) atoms. The highest BCUT2D eigenvalue weighted by Gasteiger charge is 2.08. The number of aliphatic hydroxyl groups is 1. The molecule has 0 bridgehead atoms. The molecule has 4 heteroatoms. The summed E-state index contributed by atoms with van der Waals surface area (Å²) in [5.41, 5.74) is 2.33. The van der Waals surface area contributed by atoms with Crippen molar-refractivity contribution >= 4 is 16.6 Å². The van der Waals surface area contributed by atoms with Crippen molar-refractivity contribution in [2.75, 3.05) is 25.6 Å². The minimum Gasteiger partial charge on any atom is -1.00 e. The number of hydrogen-bond acceptors (Lipinski definition) is 2. The fraction of sp³-hybridized carbons (Fsp3) is 0.308. The van der Waals surface area contributed by atoms with Crippen LogP contribution in [0.15, 0.2) is 36.5 Å². The summed E-state index contributed by atoms with van der Waals surface area (Å²) in [6.45, 7) is 0.796. The van der Waals surface area contributed by atoms with Crippen LogP contribution in [0.1, 0.15) is 0 Å². The lowest BCUT2D eigenvalue weighted by atomic mass is 10.2. The number of benzene rings is 1. The molecular weight excluding hydrogens is 327 g/mol. The van der Waals surface area contributed by atoms with E-state index in [9.17, 15) is 0 Å². The molecule has 2 rings (SSSR count). The molecule has 92 valence electrons. The number of halogens is 1. The van der Waals surface area contributed by atoms with Gasteiger partial charge in [0.05, 0.1) is 0 Å². The van der Waals surface area contributed by atoms with Crippen molar-refractivity contribution in [3.8, 4) is 0 Å². The third-order valence-electron chi connectivity index (χ3n) is 2.72. The molecule has 1 heterocycles. The second kappa shape index (κ2) is 6.16. The average Bonchev–Trinajstić information content (AvgIpc) is 2.29. The minimum absolute atomic E-state index is 0. The third-order valence-corrected chi connectivity index (χ3v) is 2.72. The maximum atomic E-state index is 9.03. The lowest BCUT2D eigenvalue weighted by Crippen LogP contribution is -3.00. The SMILES string of the molecule is CN(C)c1ccc2ccc[n+](CCO)c2c1.[I-]. The van der Waals surface area contributed by atoms with E-state index in [0.717, 1.165) is 5.52 Å². The first-order chi connectivity index (χ1) is 7.72. The number of fused-ring (bicyclic) bond motifs is 1. The molecule has 0 unspecified atom stereocenters.